The van der Waals surface area contributed by atoms with Crippen molar-refractivity contribution in [2.45, 2.75) is 6.36 Å². The topological polar surface area (TPSA) is 90.1 Å². The first-order valence-electron chi connectivity index (χ1n) is 5.58. The Balaban J connectivity index is 2.05. The van der Waals surface area contributed by atoms with Crippen LogP contribution in [-0.2, 0) is 0 Å². The van der Waals surface area contributed by atoms with Gasteiger partial charge in [0, 0.05) is 5.69 Å². The van der Waals surface area contributed by atoms with Gasteiger partial charge >= 0.3 is 6.36 Å². The van der Waals surface area contributed by atoms with Crippen molar-refractivity contribution in [3.63, 3.8) is 0 Å². The average Bonchev–Trinajstić information content (AvgIpc) is 2.39. The van der Waals surface area contributed by atoms with Crippen LogP contribution in [0, 0.1) is 0 Å². The molecule has 1 aromatic heterocycles. The first-order valence-corrected chi connectivity index (χ1v) is 5.58. The summed E-state index contributed by atoms with van der Waals surface area (Å²) in [6.07, 6.45) is -2.27. The second kappa shape index (κ2) is 5.65. The number of nitrogens with zero attached hydrogens (tertiary/aromatic N) is 2. The van der Waals surface area contributed by atoms with Crippen LogP contribution in [0.5, 0.6) is 5.75 Å². The van der Waals surface area contributed by atoms with Crippen LogP contribution in [0.25, 0.3) is 0 Å². The molecule has 6 nitrogen and oxygen atoms in total. The molecule has 1 aromatic carbocycles. The molecule has 3 N–H and O–H groups in total. The van der Waals surface area contributed by atoms with Crippen molar-refractivity contribution < 1.29 is 22.7 Å². The molecule has 1 amide bonds. The predicted octanol–water partition coefficient (Wildman–Crippen LogP) is 2.21. The largest absolute Gasteiger partial charge is 0.573 e. The van der Waals surface area contributed by atoms with Crippen molar-refractivity contribution in [3.8, 4) is 5.75 Å². The predicted molar refractivity (Wildman–Crippen MR) is 67.5 cm³/mol. The van der Waals surface area contributed by atoms with E-state index in [1.165, 1.54) is 24.5 Å². The number of hydrogen-bond acceptors (Lipinski definition) is 5. The number of alkyl halides is 3. The maximum Gasteiger partial charge on any atom is 0.573 e. The van der Waals surface area contributed by atoms with Crippen molar-refractivity contribution in [1.29, 1.82) is 0 Å². The fraction of sp³-hybridized carbons (Fsp3) is 0.0833. The van der Waals surface area contributed by atoms with Crippen molar-refractivity contribution in [2.24, 2.45) is 0 Å². The number of carbonyl (C=O) groups excluding carboxylic acids is 1. The molecule has 21 heavy (non-hydrogen) atoms. The van der Waals surface area contributed by atoms with Gasteiger partial charge in [-0.05, 0) is 24.3 Å². The minimum absolute atomic E-state index is 0.00869. The number of nitrogens with one attached hydrogen (secondary N) is 1. The number of carbonyl (C=O) groups is 1. The average molecular weight is 298 g/mol. The number of amides is 1. The third-order valence-corrected chi connectivity index (χ3v) is 2.23. The Morgan fingerprint density at radius 2 is 1.86 bits per heavy atom. The Morgan fingerprint density at radius 1 is 1.19 bits per heavy atom. The van der Waals surface area contributed by atoms with Crippen LogP contribution in [0.3, 0.4) is 0 Å². The summed E-state index contributed by atoms with van der Waals surface area (Å²) in [5.41, 5.74) is 5.66. The van der Waals surface area contributed by atoms with Gasteiger partial charge in [0.05, 0.1) is 12.4 Å². The Bertz CT molecular complexity index is 644. The number of nitrogen functional groups attached to an aromatic ring is 1. The Hall–Kier alpha value is -2.84. The lowest BCUT2D eigenvalue weighted by atomic mass is 10.3. The van der Waals surface area contributed by atoms with Gasteiger partial charge in [0.15, 0.2) is 0 Å². The summed E-state index contributed by atoms with van der Waals surface area (Å²) >= 11 is 0. The van der Waals surface area contributed by atoms with Crippen molar-refractivity contribution in [1.82, 2.24) is 9.97 Å². The standard InChI is InChI=1S/C12H9F3N4O2/c13-12(14,15)21-8-3-1-7(2-4-8)18-11(20)9-5-17-6-10(16)19-9/h1-6H,(H2,16,19)(H,18,20). The molecule has 0 aliphatic carbocycles. The molecule has 0 spiro atoms. The zero-order valence-corrected chi connectivity index (χ0v) is 10.4. The van der Waals surface area contributed by atoms with Gasteiger partial charge < -0.3 is 15.8 Å². The lowest BCUT2D eigenvalue weighted by Crippen LogP contribution is -2.17. The van der Waals surface area contributed by atoms with Gasteiger partial charge in [-0.15, -0.1) is 13.2 Å². The van der Waals surface area contributed by atoms with Gasteiger partial charge in [0.2, 0.25) is 0 Å². The van der Waals surface area contributed by atoms with E-state index in [1.54, 1.807) is 0 Å². The molecular weight excluding hydrogens is 289 g/mol. The summed E-state index contributed by atoms with van der Waals surface area (Å²) in [6.45, 7) is 0. The highest BCUT2D eigenvalue weighted by molar-refractivity contribution is 6.02. The molecule has 2 rings (SSSR count). The molecule has 2 aromatic rings. The summed E-state index contributed by atoms with van der Waals surface area (Å²) in [5, 5.41) is 2.44. The molecule has 0 unspecified atom stereocenters. The summed E-state index contributed by atoms with van der Waals surface area (Å²) in [4.78, 5) is 19.3. The minimum atomic E-state index is -4.76. The quantitative estimate of drug-likeness (QED) is 0.906. The highest BCUT2D eigenvalue weighted by Crippen LogP contribution is 2.24. The monoisotopic (exact) mass is 298 g/mol. The van der Waals surface area contributed by atoms with Gasteiger partial charge in [-0.2, -0.15) is 0 Å². The zero-order valence-electron chi connectivity index (χ0n) is 10.4. The van der Waals surface area contributed by atoms with E-state index < -0.39 is 12.3 Å². The lowest BCUT2D eigenvalue weighted by molar-refractivity contribution is -0.274. The smallest absolute Gasteiger partial charge is 0.406 e. The maximum atomic E-state index is 12.0. The Kier molecular flexibility index (Phi) is 3.92. The SMILES string of the molecule is Nc1cncc(C(=O)Nc2ccc(OC(F)(F)F)cc2)n1. The Labute approximate surface area is 116 Å². The van der Waals surface area contributed by atoms with Crippen LogP contribution < -0.4 is 15.8 Å². The van der Waals surface area contributed by atoms with Gasteiger partial charge in [0.1, 0.15) is 17.3 Å². The Morgan fingerprint density at radius 3 is 2.43 bits per heavy atom. The molecule has 0 saturated heterocycles. The number of ether oxygens (including phenoxy) is 1. The molecule has 9 heteroatoms. The van der Waals surface area contributed by atoms with Gasteiger partial charge in [0.25, 0.3) is 5.91 Å². The molecular formula is C12H9F3N4O2. The van der Waals surface area contributed by atoms with Crippen LogP contribution in [0.4, 0.5) is 24.7 Å². The highest BCUT2D eigenvalue weighted by atomic mass is 19.4. The maximum absolute atomic E-state index is 12.0. The van der Waals surface area contributed by atoms with E-state index in [0.29, 0.717) is 0 Å². The van der Waals surface area contributed by atoms with E-state index in [4.69, 9.17) is 5.73 Å². The number of anilines is 2. The molecule has 0 saturated carbocycles. The van der Waals surface area contributed by atoms with Gasteiger partial charge in [-0.1, -0.05) is 0 Å². The number of nitrogens with two attached hydrogens (primary N) is 1. The second-order valence-electron chi connectivity index (χ2n) is 3.86. The van der Waals surface area contributed by atoms with Crippen LogP contribution in [0.1, 0.15) is 10.5 Å². The van der Waals surface area contributed by atoms with E-state index in [-0.39, 0.29) is 22.9 Å². The van der Waals surface area contributed by atoms with E-state index >= 15 is 0 Å². The first kappa shape index (κ1) is 14.6. The summed E-state index contributed by atoms with van der Waals surface area (Å²) in [7, 11) is 0. The summed E-state index contributed by atoms with van der Waals surface area (Å²) < 4.78 is 39.7. The number of hydrogen-bond donors (Lipinski definition) is 2. The molecule has 0 fully saturated rings. The first-order chi connectivity index (χ1) is 9.83. The van der Waals surface area contributed by atoms with Crippen molar-refractivity contribution in [2.75, 3.05) is 11.1 Å². The summed E-state index contributed by atoms with van der Waals surface area (Å²) in [6, 6.07) is 4.68. The molecule has 0 bridgehead atoms. The highest BCUT2D eigenvalue weighted by Gasteiger charge is 2.30. The lowest BCUT2D eigenvalue weighted by Gasteiger charge is -2.09. The van der Waals surface area contributed by atoms with E-state index in [0.717, 1.165) is 12.1 Å². The van der Waals surface area contributed by atoms with Crippen molar-refractivity contribution >= 4 is 17.4 Å². The molecule has 110 valence electrons. The molecule has 0 atom stereocenters. The van der Waals surface area contributed by atoms with Crippen LogP contribution >= 0.6 is 0 Å². The van der Waals surface area contributed by atoms with E-state index in [2.05, 4.69) is 20.0 Å². The van der Waals surface area contributed by atoms with Gasteiger partial charge in [-0.25, -0.2) is 4.98 Å². The zero-order chi connectivity index (χ0) is 15.5. The third kappa shape index (κ3) is 4.34. The van der Waals surface area contributed by atoms with Crippen LogP contribution in [-0.4, -0.2) is 22.2 Å². The number of aromatic nitrogens is 2. The normalized spacial score (nSPS) is 11.0. The van der Waals surface area contributed by atoms with Crippen LogP contribution in [0.15, 0.2) is 36.7 Å². The number of halogens is 3. The molecule has 0 aliphatic heterocycles. The number of rotatable bonds is 3. The molecule has 1 heterocycles. The number of benzene rings is 1. The summed E-state index contributed by atoms with van der Waals surface area (Å²) in [5.74, 6) is -0.889. The fourth-order valence-electron chi connectivity index (χ4n) is 1.43. The fourth-order valence-corrected chi connectivity index (χ4v) is 1.43. The van der Waals surface area contributed by atoms with Gasteiger partial charge in [-0.3, -0.25) is 9.78 Å². The molecule has 0 aliphatic rings. The van der Waals surface area contributed by atoms with Crippen LogP contribution in [0.2, 0.25) is 0 Å². The van der Waals surface area contributed by atoms with E-state index in [9.17, 15) is 18.0 Å². The minimum Gasteiger partial charge on any atom is -0.406 e. The van der Waals surface area contributed by atoms with Crippen molar-refractivity contribution in [3.05, 3.63) is 42.4 Å². The van der Waals surface area contributed by atoms with E-state index in [1.807, 2.05) is 0 Å². The third-order valence-electron chi connectivity index (χ3n) is 2.23. The second-order valence-corrected chi connectivity index (χ2v) is 3.86. The molecule has 0 radical (unpaired) electrons.